The number of primary amides is 1. The number of amides is 5. The van der Waals surface area contributed by atoms with Gasteiger partial charge in [0.1, 0.15) is 12.1 Å². The van der Waals surface area contributed by atoms with Gasteiger partial charge in [0.2, 0.25) is 29.5 Å². The molecular weight excluding hydrogens is 807 g/mol. The van der Waals surface area contributed by atoms with Crippen molar-refractivity contribution in [1.29, 1.82) is 0 Å². The first kappa shape index (κ1) is 45.3. The van der Waals surface area contributed by atoms with Gasteiger partial charge in [0.15, 0.2) is 0 Å². The van der Waals surface area contributed by atoms with E-state index in [4.69, 9.17) is 25.7 Å². The summed E-state index contributed by atoms with van der Waals surface area (Å²) in [6.45, 7) is 4.33. The number of carbonyl (C=O) groups is 5. The van der Waals surface area contributed by atoms with Crippen molar-refractivity contribution in [3.63, 3.8) is 0 Å². The highest BCUT2D eigenvalue weighted by molar-refractivity contribution is 6.07. The average Bonchev–Trinajstić information content (AvgIpc) is 3.74. The molecule has 7 rings (SSSR count). The number of carbonyl (C=O) groups excluding carboxylic acids is 5. The van der Waals surface area contributed by atoms with Crippen LogP contribution in [0.25, 0.3) is 11.0 Å². The Morgan fingerprint density at radius 3 is 2.25 bits per heavy atom. The molecule has 4 heterocycles. The van der Waals surface area contributed by atoms with Gasteiger partial charge in [0.05, 0.1) is 54.7 Å². The van der Waals surface area contributed by atoms with Crippen molar-refractivity contribution in [3.05, 3.63) is 99.0 Å². The fourth-order valence-electron chi connectivity index (χ4n) is 8.88. The molecule has 3 aliphatic heterocycles. The lowest BCUT2D eigenvalue weighted by Crippen LogP contribution is -2.55. The van der Waals surface area contributed by atoms with Crippen LogP contribution in [0.3, 0.4) is 0 Å². The highest BCUT2D eigenvalue weighted by Crippen LogP contribution is 2.39. The molecule has 0 bridgehead atoms. The predicted octanol–water partition coefficient (Wildman–Crippen LogP) is 2.80. The number of imidazole rings is 1. The minimum Gasteiger partial charge on any atom is -0.379 e. The SMILES string of the molecule is C[C@@H](OCc1ccc(CCCOCCOCCCc2ccc3c(c2)n(C)c(=O)n3C2CCC(=O)NC2=O)cc1)[C@H](CCC(N)=O)NC(=O)[C@@H]1Cc2cccc3c2N1C(=O)[C@@H](N)CC3. The first-order valence-electron chi connectivity index (χ1n) is 22.1. The molecule has 0 aliphatic carbocycles. The van der Waals surface area contributed by atoms with E-state index in [2.05, 4.69) is 22.8 Å². The average molecular weight is 866 g/mol. The molecule has 3 aliphatic rings. The third-order valence-electron chi connectivity index (χ3n) is 12.4. The number of benzene rings is 3. The van der Waals surface area contributed by atoms with Gasteiger partial charge >= 0.3 is 5.69 Å². The minimum absolute atomic E-state index is 0.0744. The van der Waals surface area contributed by atoms with Crippen LogP contribution >= 0.6 is 0 Å². The van der Waals surface area contributed by atoms with Crippen molar-refractivity contribution >= 4 is 46.3 Å². The van der Waals surface area contributed by atoms with E-state index in [1.165, 1.54) is 10.1 Å². The summed E-state index contributed by atoms with van der Waals surface area (Å²) in [4.78, 5) is 77.6. The minimum atomic E-state index is -0.741. The largest absolute Gasteiger partial charge is 0.379 e. The van der Waals surface area contributed by atoms with E-state index < -0.39 is 42.1 Å². The first-order valence-corrected chi connectivity index (χ1v) is 22.1. The number of ether oxygens (including phenoxy) is 3. The zero-order chi connectivity index (χ0) is 44.6. The van der Waals surface area contributed by atoms with Crippen LogP contribution in [-0.4, -0.2) is 89.3 Å². The van der Waals surface area contributed by atoms with Gasteiger partial charge in [-0.1, -0.05) is 48.5 Å². The van der Waals surface area contributed by atoms with E-state index in [1.807, 2.05) is 55.5 Å². The van der Waals surface area contributed by atoms with E-state index in [0.717, 1.165) is 59.1 Å². The third-order valence-corrected chi connectivity index (χ3v) is 12.4. The summed E-state index contributed by atoms with van der Waals surface area (Å²) in [5.41, 5.74) is 18.8. The molecule has 336 valence electrons. The van der Waals surface area contributed by atoms with Crippen LogP contribution in [0.2, 0.25) is 0 Å². The molecule has 3 aromatic carbocycles. The number of rotatable bonds is 21. The van der Waals surface area contributed by atoms with E-state index in [9.17, 15) is 28.8 Å². The van der Waals surface area contributed by atoms with Crippen LogP contribution in [0.15, 0.2) is 65.5 Å². The molecule has 6 N–H and O–H groups in total. The summed E-state index contributed by atoms with van der Waals surface area (Å²) in [7, 11) is 1.69. The Hall–Kier alpha value is -5.68. The Kier molecular flexibility index (Phi) is 14.9. The molecule has 0 saturated carbocycles. The molecule has 0 radical (unpaired) electrons. The lowest BCUT2D eigenvalue weighted by Gasteiger charge is -2.30. The number of para-hydroxylation sites is 1. The fraction of sp³-hybridized carbons (Fsp3) is 0.489. The number of imide groups is 1. The lowest BCUT2D eigenvalue weighted by molar-refractivity contribution is -0.135. The van der Waals surface area contributed by atoms with E-state index in [-0.39, 0.29) is 36.3 Å². The van der Waals surface area contributed by atoms with Crippen LogP contribution in [0.1, 0.15) is 85.7 Å². The maximum Gasteiger partial charge on any atom is 0.329 e. The van der Waals surface area contributed by atoms with Crippen LogP contribution < -0.4 is 32.7 Å². The van der Waals surface area contributed by atoms with Gasteiger partial charge < -0.3 is 31.0 Å². The van der Waals surface area contributed by atoms with Crippen LogP contribution in [-0.2, 0) is 77.5 Å². The summed E-state index contributed by atoms with van der Waals surface area (Å²) in [6.07, 6.45) is 5.28. The fourth-order valence-corrected chi connectivity index (χ4v) is 8.88. The standard InChI is InChI=1S/C47H59N7O9/c1-29(36(17-20-41(49)55)50-45(58)40-27-34-9-3-8-33-15-16-35(48)46(59)54(40)43(33)34)63-28-32-12-10-30(11-13-32)6-4-22-61-24-25-62-23-5-7-31-14-18-37-39(26-31)52(2)47(60)53(37)38-19-21-42(56)51-44(38)57/h3,8-14,18,26,29,35-36,38,40H,4-7,15-17,19-25,27-28,48H2,1-2H3,(H2,49,55)(H,50,58)(H,51,56,57)/t29-,35+,36+,38?,40+/m1/s1. The molecule has 1 unspecified atom stereocenters. The number of hydrogen-bond donors (Lipinski definition) is 4. The second-order valence-electron chi connectivity index (χ2n) is 16.9. The number of nitrogens with two attached hydrogens (primary N) is 2. The maximum atomic E-state index is 13.8. The zero-order valence-corrected chi connectivity index (χ0v) is 36.1. The second-order valence-corrected chi connectivity index (χ2v) is 16.9. The molecule has 1 saturated heterocycles. The van der Waals surface area contributed by atoms with Gasteiger partial charge in [0.25, 0.3) is 0 Å². The molecule has 5 atom stereocenters. The van der Waals surface area contributed by atoms with Gasteiger partial charge in [-0.3, -0.25) is 43.3 Å². The topological polar surface area (TPSA) is 219 Å². The first-order chi connectivity index (χ1) is 30.4. The van der Waals surface area contributed by atoms with Crippen molar-refractivity contribution in [1.82, 2.24) is 19.8 Å². The number of aryl methyl sites for hydroxylation is 4. The number of anilines is 1. The monoisotopic (exact) mass is 865 g/mol. The van der Waals surface area contributed by atoms with Crippen molar-refractivity contribution in [2.45, 2.75) is 114 Å². The Morgan fingerprint density at radius 1 is 0.857 bits per heavy atom. The van der Waals surface area contributed by atoms with Crippen LogP contribution in [0, 0.1) is 0 Å². The van der Waals surface area contributed by atoms with Crippen LogP contribution in [0.5, 0.6) is 0 Å². The molecule has 63 heavy (non-hydrogen) atoms. The Labute approximate surface area is 366 Å². The number of nitrogens with zero attached hydrogens (tertiary/aromatic N) is 3. The molecule has 5 amide bonds. The molecular formula is C47H59N7O9. The van der Waals surface area contributed by atoms with Crippen LogP contribution in [0.4, 0.5) is 5.69 Å². The molecule has 16 nitrogen and oxygen atoms in total. The van der Waals surface area contributed by atoms with Gasteiger partial charge in [-0.2, -0.15) is 0 Å². The highest BCUT2D eigenvalue weighted by Gasteiger charge is 2.43. The van der Waals surface area contributed by atoms with Gasteiger partial charge in [-0.05, 0) is 98.2 Å². The number of nitrogens with one attached hydrogen (secondary N) is 2. The smallest absolute Gasteiger partial charge is 0.329 e. The van der Waals surface area contributed by atoms with Crippen molar-refractivity contribution < 1.29 is 38.2 Å². The summed E-state index contributed by atoms with van der Waals surface area (Å²) >= 11 is 0. The number of hydrogen-bond acceptors (Lipinski definition) is 10. The summed E-state index contributed by atoms with van der Waals surface area (Å²) in [5, 5.41) is 5.42. The summed E-state index contributed by atoms with van der Waals surface area (Å²) < 4.78 is 20.9. The molecule has 1 aromatic heterocycles. The van der Waals surface area contributed by atoms with E-state index in [0.29, 0.717) is 70.7 Å². The molecule has 0 spiro atoms. The number of aromatic nitrogens is 2. The van der Waals surface area contributed by atoms with E-state index >= 15 is 0 Å². The summed E-state index contributed by atoms with van der Waals surface area (Å²) in [5.74, 6) is -1.80. The number of piperidine rings is 1. The van der Waals surface area contributed by atoms with Gasteiger partial charge in [0, 0.05) is 39.5 Å². The van der Waals surface area contributed by atoms with Crippen molar-refractivity contribution in [2.24, 2.45) is 18.5 Å². The van der Waals surface area contributed by atoms with Gasteiger partial charge in [-0.25, -0.2) is 4.79 Å². The summed E-state index contributed by atoms with van der Waals surface area (Å²) in [6, 6.07) is 17.2. The Morgan fingerprint density at radius 2 is 1.54 bits per heavy atom. The van der Waals surface area contributed by atoms with Crippen molar-refractivity contribution in [3.8, 4) is 0 Å². The quantitative estimate of drug-likeness (QED) is 0.0709. The molecule has 4 aromatic rings. The Bertz CT molecular complexity index is 2370. The maximum absolute atomic E-state index is 13.8. The second kappa shape index (κ2) is 20.7. The van der Waals surface area contributed by atoms with Crippen molar-refractivity contribution in [2.75, 3.05) is 31.3 Å². The zero-order valence-electron chi connectivity index (χ0n) is 36.1. The highest BCUT2D eigenvalue weighted by atomic mass is 16.5. The molecule has 1 fully saturated rings. The van der Waals surface area contributed by atoms with E-state index in [1.54, 1.807) is 16.5 Å². The third kappa shape index (κ3) is 10.8. The van der Waals surface area contributed by atoms with Gasteiger partial charge in [-0.15, -0.1) is 0 Å². The molecule has 16 heteroatoms. The lowest BCUT2D eigenvalue weighted by atomic mass is 10.0. The Balaban J connectivity index is 0.789. The predicted molar refractivity (Wildman–Crippen MR) is 236 cm³/mol. The normalized spacial score (nSPS) is 19.4. The number of fused-ring (bicyclic) bond motifs is 1.